The fourth-order valence-corrected chi connectivity index (χ4v) is 2.31. The topological polar surface area (TPSA) is 53.6 Å². The first-order valence-corrected chi connectivity index (χ1v) is 7.58. The number of carbonyl (C=O) groups excluding carboxylic acids is 1. The molecule has 5 heteroatoms. The summed E-state index contributed by atoms with van der Waals surface area (Å²) in [7, 11) is 0. The molecule has 0 aromatic carbocycles. The molecule has 0 radical (unpaired) electrons. The third-order valence-electron chi connectivity index (χ3n) is 3.64. The normalized spacial score (nSPS) is 19.4. The highest BCUT2D eigenvalue weighted by atomic mass is 16.5. The van der Waals surface area contributed by atoms with E-state index in [4.69, 9.17) is 4.74 Å². The third kappa shape index (κ3) is 7.38. The van der Waals surface area contributed by atoms with Crippen LogP contribution in [0, 0.1) is 5.92 Å². The number of ether oxygens (including phenoxy) is 1. The van der Waals surface area contributed by atoms with Gasteiger partial charge >= 0.3 is 6.03 Å². The van der Waals surface area contributed by atoms with Gasteiger partial charge in [-0.05, 0) is 44.8 Å². The second-order valence-corrected chi connectivity index (χ2v) is 5.10. The Bertz CT molecular complexity index is 239. The molecule has 19 heavy (non-hydrogen) atoms. The Hall–Kier alpha value is -0.810. The van der Waals surface area contributed by atoms with Crippen LogP contribution in [-0.2, 0) is 4.74 Å². The Labute approximate surface area is 117 Å². The van der Waals surface area contributed by atoms with E-state index in [2.05, 4.69) is 29.4 Å². The molecule has 2 amide bonds. The predicted octanol–water partition coefficient (Wildman–Crippen LogP) is 1.44. The number of carbonyl (C=O) groups is 1. The molecule has 112 valence electrons. The molecule has 1 aliphatic rings. The van der Waals surface area contributed by atoms with Gasteiger partial charge in [0.05, 0.1) is 6.61 Å². The van der Waals surface area contributed by atoms with Gasteiger partial charge in [-0.2, -0.15) is 0 Å². The minimum Gasteiger partial charge on any atom is -0.381 e. The van der Waals surface area contributed by atoms with E-state index in [0.29, 0.717) is 5.92 Å². The Morgan fingerprint density at radius 3 is 2.74 bits per heavy atom. The lowest BCUT2D eigenvalue weighted by Gasteiger charge is -2.22. The summed E-state index contributed by atoms with van der Waals surface area (Å²) in [6.45, 7) is 10.6. The molecule has 1 atom stereocenters. The van der Waals surface area contributed by atoms with Crippen LogP contribution in [0.3, 0.4) is 0 Å². The van der Waals surface area contributed by atoms with Crippen molar-refractivity contribution in [3.05, 3.63) is 0 Å². The van der Waals surface area contributed by atoms with Crippen LogP contribution >= 0.6 is 0 Å². The summed E-state index contributed by atoms with van der Waals surface area (Å²) < 4.78 is 5.39. The summed E-state index contributed by atoms with van der Waals surface area (Å²) in [6, 6.07) is -0.0508. The van der Waals surface area contributed by atoms with Crippen molar-refractivity contribution in [1.82, 2.24) is 15.5 Å². The van der Waals surface area contributed by atoms with E-state index in [0.717, 1.165) is 65.2 Å². The predicted molar refractivity (Wildman–Crippen MR) is 77.3 cm³/mol. The van der Waals surface area contributed by atoms with Gasteiger partial charge in [-0.25, -0.2) is 4.79 Å². The quantitative estimate of drug-likeness (QED) is 0.657. The maximum atomic E-state index is 11.6. The fourth-order valence-electron chi connectivity index (χ4n) is 2.31. The molecule has 0 saturated carbocycles. The number of hydrogen-bond acceptors (Lipinski definition) is 3. The second kappa shape index (κ2) is 10.0. The third-order valence-corrected chi connectivity index (χ3v) is 3.64. The minimum absolute atomic E-state index is 0.0508. The molecular weight excluding hydrogens is 242 g/mol. The van der Waals surface area contributed by atoms with Gasteiger partial charge in [0, 0.05) is 19.7 Å². The number of nitrogens with zero attached hydrogens (tertiary/aromatic N) is 1. The minimum atomic E-state index is -0.0508. The molecule has 0 aromatic heterocycles. The van der Waals surface area contributed by atoms with Crippen LogP contribution in [0.15, 0.2) is 0 Å². The number of amides is 2. The molecule has 1 heterocycles. The molecule has 1 aliphatic heterocycles. The molecule has 1 fully saturated rings. The first kappa shape index (κ1) is 16.2. The van der Waals surface area contributed by atoms with E-state index in [-0.39, 0.29) is 6.03 Å². The highest BCUT2D eigenvalue weighted by Crippen LogP contribution is 2.11. The zero-order chi connectivity index (χ0) is 13.9. The van der Waals surface area contributed by atoms with E-state index >= 15 is 0 Å². The van der Waals surface area contributed by atoms with E-state index in [1.54, 1.807) is 0 Å². The zero-order valence-electron chi connectivity index (χ0n) is 12.4. The number of nitrogens with one attached hydrogen (secondary N) is 2. The maximum Gasteiger partial charge on any atom is 0.314 e. The smallest absolute Gasteiger partial charge is 0.314 e. The van der Waals surface area contributed by atoms with E-state index in [9.17, 15) is 4.79 Å². The van der Waals surface area contributed by atoms with Crippen molar-refractivity contribution in [2.45, 2.75) is 33.1 Å². The van der Waals surface area contributed by atoms with Crippen LogP contribution in [0.25, 0.3) is 0 Å². The van der Waals surface area contributed by atoms with Gasteiger partial charge < -0.3 is 20.3 Å². The van der Waals surface area contributed by atoms with Crippen LogP contribution in [-0.4, -0.2) is 56.9 Å². The molecule has 0 spiro atoms. The fraction of sp³-hybridized carbons (Fsp3) is 0.929. The highest BCUT2D eigenvalue weighted by Gasteiger charge is 2.14. The molecule has 5 nitrogen and oxygen atoms in total. The molecule has 1 rings (SSSR count). The van der Waals surface area contributed by atoms with E-state index in [1.165, 1.54) is 0 Å². The Morgan fingerprint density at radius 2 is 2.11 bits per heavy atom. The first-order chi connectivity index (χ1) is 9.26. The molecular formula is C14H29N3O2. The van der Waals surface area contributed by atoms with Gasteiger partial charge in [0.1, 0.15) is 0 Å². The summed E-state index contributed by atoms with van der Waals surface area (Å²) in [5, 5.41) is 5.83. The van der Waals surface area contributed by atoms with Crippen molar-refractivity contribution >= 4 is 6.03 Å². The highest BCUT2D eigenvalue weighted by molar-refractivity contribution is 5.73. The number of urea groups is 1. The molecule has 0 aromatic rings. The number of rotatable bonds is 8. The SMILES string of the molecule is CCN(CC)CCCNC(=O)NC[C@H]1CCCOC1. The summed E-state index contributed by atoms with van der Waals surface area (Å²) in [5.41, 5.74) is 0. The van der Waals surface area contributed by atoms with Crippen LogP contribution < -0.4 is 10.6 Å². The monoisotopic (exact) mass is 271 g/mol. The number of hydrogen-bond donors (Lipinski definition) is 2. The van der Waals surface area contributed by atoms with Crippen molar-refractivity contribution in [3.8, 4) is 0 Å². The largest absolute Gasteiger partial charge is 0.381 e. The summed E-state index contributed by atoms with van der Waals surface area (Å²) in [5.74, 6) is 0.482. The van der Waals surface area contributed by atoms with Crippen molar-refractivity contribution in [2.75, 3.05) is 45.9 Å². The van der Waals surface area contributed by atoms with E-state index in [1.807, 2.05) is 0 Å². The summed E-state index contributed by atoms with van der Waals surface area (Å²) in [4.78, 5) is 14.0. The van der Waals surface area contributed by atoms with E-state index < -0.39 is 0 Å². The Balaban J connectivity index is 1.98. The second-order valence-electron chi connectivity index (χ2n) is 5.10. The average molecular weight is 271 g/mol. The molecule has 0 aliphatic carbocycles. The molecule has 0 bridgehead atoms. The van der Waals surface area contributed by atoms with Crippen molar-refractivity contribution in [2.24, 2.45) is 5.92 Å². The lowest BCUT2D eigenvalue weighted by Crippen LogP contribution is -2.40. The van der Waals surface area contributed by atoms with Gasteiger partial charge in [-0.1, -0.05) is 13.8 Å². The van der Waals surface area contributed by atoms with Crippen molar-refractivity contribution < 1.29 is 9.53 Å². The molecule has 2 N–H and O–H groups in total. The Kier molecular flexibility index (Phi) is 8.58. The Morgan fingerprint density at radius 1 is 1.32 bits per heavy atom. The van der Waals surface area contributed by atoms with Crippen molar-refractivity contribution in [3.63, 3.8) is 0 Å². The maximum absolute atomic E-state index is 11.6. The first-order valence-electron chi connectivity index (χ1n) is 7.58. The van der Waals surface area contributed by atoms with Gasteiger partial charge in [-0.15, -0.1) is 0 Å². The molecule has 1 saturated heterocycles. The van der Waals surface area contributed by atoms with Gasteiger partial charge in [-0.3, -0.25) is 0 Å². The lowest BCUT2D eigenvalue weighted by atomic mass is 10.0. The van der Waals surface area contributed by atoms with Crippen LogP contribution in [0.2, 0.25) is 0 Å². The summed E-state index contributed by atoms with van der Waals surface area (Å²) >= 11 is 0. The summed E-state index contributed by atoms with van der Waals surface area (Å²) in [6.07, 6.45) is 3.27. The molecule has 0 unspecified atom stereocenters. The van der Waals surface area contributed by atoms with Gasteiger partial charge in [0.2, 0.25) is 0 Å². The van der Waals surface area contributed by atoms with Crippen LogP contribution in [0.5, 0.6) is 0 Å². The average Bonchev–Trinajstić information content (AvgIpc) is 2.46. The van der Waals surface area contributed by atoms with Crippen molar-refractivity contribution in [1.29, 1.82) is 0 Å². The lowest BCUT2D eigenvalue weighted by molar-refractivity contribution is 0.0557. The van der Waals surface area contributed by atoms with Crippen LogP contribution in [0.4, 0.5) is 4.79 Å². The van der Waals surface area contributed by atoms with Gasteiger partial charge in [0.15, 0.2) is 0 Å². The standard InChI is InChI=1S/C14H29N3O2/c1-3-17(4-2)9-6-8-15-14(18)16-11-13-7-5-10-19-12-13/h13H,3-12H2,1-2H3,(H2,15,16,18)/t13-/m1/s1. The van der Waals surface area contributed by atoms with Gasteiger partial charge in [0.25, 0.3) is 0 Å². The zero-order valence-corrected chi connectivity index (χ0v) is 12.4. The van der Waals surface area contributed by atoms with Crippen LogP contribution in [0.1, 0.15) is 33.1 Å².